The molecule has 0 amide bonds. The van der Waals surface area contributed by atoms with E-state index < -0.39 is 0 Å². The van der Waals surface area contributed by atoms with Gasteiger partial charge in [0.15, 0.2) is 10.9 Å². The zero-order chi connectivity index (χ0) is 18.7. The molecule has 6 nitrogen and oxygen atoms in total. The van der Waals surface area contributed by atoms with E-state index in [1.165, 1.54) is 0 Å². The molecular weight excluding hydrogens is 368 g/mol. The predicted octanol–water partition coefficient (Wildman–Crippen LogP) is 3.42. The number of anilines is 1. The number of aryl methyl sites for hydroxylation is 2. The van der Waals surface area contributed by atoms with Crippen LogP contribution in [0, 0.1) is 13.8 Å². The van der Waals surface area contributed by atoms with Gasteiger partial charge in [0.1, 0.15) is 0 Å². The first kappa shape index (κ1) is 18.4. The zero-order valence-corrected chi connectivity index (χ0v) is 16.5. The molecule has 0 saturated heterocycles. The standard InChI is InChI=1S/C18H21ClN6S/c1-12-15(13(2)24(3)22-12)10-20-18(26)21-17-8-9-25(23-17)11-14-6-4-5-7-16(14)19/h4-9H,10-11H2,1-3H3,(H2,20,21,23,26). The predicted molar refractivity (Wildman–Crippen MR) is 109 cm³/mol. The smallest absolute Gasteiger partial charge is 0.172 e. The SMILES string of the molecule is Cc1nn(C)c(C)c1CNC(=S)Nc1ccn(Cc2ccccc2Cl)n1. The Morgan fingerprint density at radius 1 is 1.19 bits per heavy atom. The second-order valence-corrected chi connectivity index (χ2v) is 6.89. The summed E-state index contributed by atoms with van der Waals surface area (Å²) in [7, 11) is 1.94. The maximum Gasteiger partial charge on any atom is 0.172 e. The van der Waals surface area contributed by atoms with Gasteiger partial charge in [0.25, 0.3) is 0 Å². The van der Waals surface area contributed by atoms with Gasteiger partial charge in [-0.05, 0) is 37.7 Å². The highest BCUT2D eigenvalue weighted by Gasteiger charge is 2.10. The van der Waals surface area contributed by atoms with E-state index in [-0.39, 0.29) is 0 Å². The summed E-state index contributed by atoms with van der Waals surface area (Å²) in [5, 5.41) is 16.5. The van der Waals surface area contributed by atoms with E-state index in [4.69, 9.17) is 23.8 Å². The number of aromatic nitrogens is 4. The lowest BCUT2D eigenvalue weighted by molar-refractivity contribution is 0.690. The van der Waals surface area contributed by atoms with Crippen LogP contribution in [-0.2, 0) is 20.1 Å². The normalized spacial score (nSPS) is 10.8. The van der Waals surface area contributed by atoms with Crippen LogP contribution in [0.3, 0.4) is 0 Å². The topological polar surface area (TPSA) is 59.7 Å². The third kappa shape index (κ3) is 4.23. The average molecular weight is 389 g/mol. The molecule has 136 valence electrons. The van der Waals surface area contributed by atoms with Crippen molar-refractivity contribution in [2.24, 2.45) is 7.05 Å². The Labute approximate surface area is 163 Å². The van der Waals surface area contributed by atoms with E-state index in [2.05, 4.69) is 20.8 Å². The monoisotopic (exact) mass is 388 g/mol. The van der Waals surface area contributed by atoms with Crippen LogP contribution in [0.1, 0.15) is 22.5 Å². The summed E-state index contributed by atoms with van der Waals surface area (Å²) in [6.07, 6.45) is 1.89. The van der Waals surface area contributed by atoms with Crippen molar-refractivity contribution >= 4 is 34.7 Å². The quantitative estimate of drug-likeness (QED) is 0.656. The molecule has 0 radical (unpaired) electrons. The Hall–Kier alpha value is -2.38. The number of hydrogen-bond acceptors (Lipinski definition) is 3. The van der Waals surface area contributed by atoms with Crippen molar-refractivity contribution in [2.75, 3.05) is 5.32 Å². The minimum Gasteiger partial charge on any atom is -0.358 e. The Kier molecular flexibility index (Phi) is 5.58. The molecule has 0 saturated carbocycles. The number of thiocarbonyl (C=S) groups is 1. The molecule has 8 heteroatoms. The van der Waals surface area contributed by atoms with Gasteiger partial charge >= 0.3 is 0 Å². The first-order valence-electron chi connectivity index (χ1n) is 8.25. The van der Waals surface area contributed by atoms with Crippen LogP contribution in [-0.4, -0.2) is 24.7 Å². The summed E-state index contributed by atoms with van der Waals surface area (Å²) in [6, 6.07) is 9.62. The fraction of sp³-hybridized carbons (Fsp3) is 0.278. The maximum atomic E-state index is 6.20. The third-order valence-electron chi connectivity index (χ3n) is 4.26. The van der Waals surface area contributed by atoms with Crippen molar-refractivity contribution in [3.05, 3.63) is 64.1 Å². The van der Waals surface area contributed by atoms with Crippen molar-refractivity contribution in [3.63, 3.8) is 0 Å². The van der Waals surface area contributed by atoms with Gasteiger partial charge in [0.2, 0.25) is 0 Å². The lowest BCUT2D eigenvalue weighted by atomic mass is 10.2. The Morgan fingerprint density at radius 2 is 1.96 bits per heavy atom. The van der Waals surface area contributed by atoms with E-state index >= 15 is 0 Å². The molecule has 0 aliphatic carbocycles. The second kappa shape index (κ2) is 7.88. The van der Waals surface area contributed by atoms with Crippen molar-refractivity contribution in [1.82, 2.24) is 24.9 Å². The lowest BCUT2D eigenvalue weighted by Crippen LogP contribution is -2.28. The van der Waals surface area contributed by atoms with Crippen molar-refractivity contribution in [3.8, 4) is 0 Å². The van der Waals surface area contributed by atoms with Crippen molar-refractivity contribution < 1.29 is 0 Å². The number of hydrogen-bond donors (Lipinski definition) is 2. The Bertz CT molecular complexity index is 930. The summed E-state index contributed by atoms with van der Waals surface area (Å²) in [5.41, 5.74) is 4.30. The number of rotatable bonds is 5. The highest BCUT2D eigenvalue weighted by atomic mass is 35.5. The van der Waals surface area contributed by atoms with Gasteiger partial charge in [0.05, 0.1) is 12.2 Å². The molecule has 0 unspecified atom stereocenters. The molecule has 3 aromatic rings. The van der Waals surface area contributed by atoms with E-state index in [1.54, 1.807) is 0 Å². The second-order valence-electron chi connectivity index (χ2n) is 6.07. The molecule has 0 bridgehead atoms. The fourth-order valence-corrected chi connectivity index (χ4v) is 3.09. The molecular formula is C18H21ClN6S. The minimum absolute atomic E-state index is 0.524. The molecule has 26 heavy (non-hydrogen) atoms. The number of nitrogens with one attached hydrogen (secondary N) is 2. The largest absolute Gasteiger partial charge is 0.358 e. The number of halogens is 1. The molecule has 0 aliphatic rings. The first-order valence-corrected chi connectivity index (χ1v) is 9.03. The summed E-state index contributed by atoms with van der Waals surface area (Å²) in [4.78, 5) is 0. The van der Waals surface area contributed by atoms with Crippen LogP contribution in [0.15, 0.2) is 36.5 Å². The van der Waals surface area contributed by atoms with Crippen LogP contribution in [0.4, 0.5) is 5.82 Å². The molecule has 3 rings (SSSR count). The Morgan fingerprint density at radius 3 is 2.65 bits per heavy atom. The summed E-state index contributed by atoms with van der Waals surface area (Å²) in [6.45, 7) is 5.27. The highest BCUT2D eigenvalue weighted by Crippen LogP contribution is 2.16. The van der Waals surface area contributed by atoms with Gasteiger partial charge in [-0.15, -0.1) is 0 Å². The van der Waals surface area contributed by atoms with Crippen LogP contribution in [0.2, 0.25) is 5.02 Å². The molecule has 0 spiro atoms. The van der Waals surface area contributed by atoms with E-state index in [1.807, 2.05) is 66.8 Å². The minimum atomic E-state index is 0.524. The van der Waals surface area contributed by atoms with Gasteiger partial charge < -0.3 is 10.6 Å². The molecule has 2 heterocycles. The number of benzene rings is 1. The first-order chi connectivity index (χ1) is 12.4. The third-order valence-corrected chi connectivity index (χ3v) is 4.87. The molecule has 2 N–H and O–H groups in total. The summed E-state index contributed by atoms with van der Waals surface area (Å²) in [5.74, 6) is 0.689. The average Bonchev–Trinajstić information content (AvgIpc) is 3.13. The lowest BCUT2D eigenvalue weighted by Gasteiger charge is -2.09. The van der Waals surface area contributed by atoms with Crippen LogP contribution >= 0.6 is 23.8 Å². The van der Waals surface area contributed by atoms with Crippen molar-refractivity contribution in [2.45, 2.75) is 26.9 Å². The summed E-state index contributed by atoms with van der Waals surface area (Å²) >= 11 is 11.6. The van der Waals surface area contributed by atoms with Gasteiger partial charge in [-0.3, -0.25) is 9.36 Å². The van der Waals surface area contributed by atoms with Gasteiger partial charge in [-0.1, -0.05) is 29.8 Å². The van der Waals surface area contributed by atoms with E-state index in [0.717, 1.165) is 27.5 Å². The molecule has 0 atom stereocenters. The zero-order valence-electron chi connectivity index (χ0n) is 15.0. The van der Waals surface area contributed by atoms with Gasteiger partial charge in [-0.25, -0.2) is 0 Å². The Balaban J connectivity index is 1.57. The fourth-order valence-electron chi connectivity index (χ4n) is 2.72. The van der Waals surface area contributed by atoms with Gasteiger partial charge in [-0.2, -0.15) is 10.2 Å². The van der Waals surface area contributed by atoms with E-state index in [0.29, 0.717) is 24.0 Å². The molecule has 0 aliphatic heterocycles. The summed E-state index contributed by atoms with van der Waals surface area (Å²) < 4.78 is 3.70. The van der Waals surface area contributed by atoms with Crippen molar-refractivity contribution in [1.29, 1.82) is 0 Å². The highest BCUT2D eigenvalue weighted by molar-refractivity contribution is 7.80. The maximum absolute atomic E-state index is 6.20. The van der Waals surface area contributed by atoms with Crippen LogP contribution in [0.5, 0.6) is 0 Å². The van der Waals surface area contributed by atoms with Crippen LogP contribution < -0.4 is 10.6 Å². The van der Waals surface area contributed by atoms with E-state index in [9.17, 15) is 0 Å². The molecule has 0 fully saturated rings. The molecule has 1 aromatic carbocycles. The van der Waals surface area contributed by atoms with Gasteiger partial charge in [0, 0.05) is 42.1 Å². The number of nitrogens with zero attached hydrogens (tertiary/aromatic N) is 4. The molecule has 2 aromatic heterocycles. The van der Waals surface area contributed by atoms with Crippen LogP contribution in [0.25, 0.3) is 0 Å².